The molecule has 0 saturated heterocycles. The van der Waals surface area contributed by atoms with E-state index in [1.807, 2.05) is 0 Å². The molecule has 0 radical (unpaired) electrons. The molecule has 1 rings (SSSR count). The number of rotatable bonds is 6. The van der Waals surface area contributed by atoms with Crippen LogP contribution in [0.3, 0.4) is 0 Å². The Kier molecular flexibility index (Phi) is 5.76. The number of esters is 1. The summed E-state index contributed by atoms with van der Waals surface area (Å²) in [6.07, 6.45) is -0.292. The molecule has 106 valence electrons. The third-order valence-electron chi connectivity index (χ3n) is 2.81. The van der Waals surface area contributed by atoms with Crippen LogP contribution in [0.5, 0.6) is 5.75 Å². The Labute approximate surface area is 112 Å². The highest BCUT2D eigenvalue weighted by atomic mass is 19.1. The zero-order valence-electron chi connectivity index (χ0n) is 11.7. The average Bonchev–Trinajstić information content (AvgIpc) is 2.37. The largest absolute Gasteiger partial charge is 0.493 e. The van der Waals surface area contributed by atoms with Crippen LogP contribution in [-0.2, 0) is 20.7 Å². The summed E-state index contributed by atoms with van der Waals surface area (Å²) in [6.45, 7) is 3.81. The van der Waals surface area contributed by atoms with Crippen molar-refractivity contribution in [3.8, 4) is 5.75 Å². The Balaban J connectivity index is 3.11. The topological polar surface area (TPSA) is 44.8 Å². The van der Waals surface area contributed by atoms with Crippen LogP contribution in [0, 0.1) is 5.82 Å². The molecule has 1 atom stereocenters. The summed E-state index contributed by atoms with van der Waals surface area (Å²) in [5.74, 6) is -0.856. The lowest BCUT2D eigenvalue weighted by Crippen LogP contribution is -2.10. The summed E-state index contributed by atoms with van der Waals surface area (Å²) in [5, 5.41) is 0. The summed E-state index contributed by atoms with van der Waals surface area (Å²) < 4.78 is 28.9. The molecule has 4 nitrogen and oxygen atoms in total. The third kappa shape index (κ3) is 3.92. The van der Waals surface area contributed by atoms with Crippen molar-refractivity contribution in [3.63, 3.8) is 0 Å². The van der Waals surface area contributed by atoms with E-state index in [9.17, 15) is 9.18 Å². The Morgan fingerprint density at radius 2 is 2.05 bits per heavy atom. The van der Waals surface area contributed by atoms with Gasteiger partial charge in [0.15, 0.2) is 11.6 Å². The van der Waals surface area contributed by atoms with Crippen LogP contribution in [0.25, 0.3) is 0 Å². The first-order valence-corrected chi connectivity index (χ1v) is 6.08. The molecule has 0 aromatic heterocycles. The molecular weight excluding hydrogens is 251 g/mol. The van der Waals surface area contributed by atoms with Gasteiger partial charge in [-0.2, -0.15) is 0 Å². The van der Waals surface area contributed by atoms with Crippen LogP contribution in [0.2, 0.25) is 0 Å². The maximum absolute atomic E-state index is 13.9. The lowest BCUT2D eigenvalue weighted by molar-refractivity contribution is -0.142. The predicted octanol–water partition coefficient (Wildman–Crippen LogP) is 2.65. The smallest absolute Gasteiger partial charge is 0.310 e. The SMILES string of the molecule is CCOC(=O)Cc1cc(C(C)OC)cc(F)c1OC. The molecule has 19 heavy (non-hydrogen) atoms. The van der Waals surface area contributed by atoms with Crippen molar-refractivity contribution in [1.82, 2.24) is 0 Å². The van der Waals surface area contributed by atoms with Crippen molar-refractivity contribution in [2.24, 2.45) is 0 Å². The average molecular weight is 270 g/mol. The molecule has 0 aliphatic carbocycles. The van der Waals surface area contributed by atoms with Crippen LogP contribution < -0.4 is 4.74 Å². The Morgan fingerprint density at radius 3 is 2.58 bits per heavy atom. The summed E-state index contributed by atoms with van der Waals surface area (Å²) in [6, 6.07) is 3.05. The van der Waals surface area contributed by atoms with Crippen LogP contribution >= 0.6 is 0 Å². The minimum atomic E-state index is -0.511. The van der Waals surface area contributed by atoms with E-state index in [-0.39, 0.29) is 24.9 Å². The zero-order valence-corrected chi connectivity index (χ0v) is 11.7. The fraction of sp³-hybridized carbons (Fsp3) is 0.500. The van der Waals surface area contributed by atoms with Crippen molar-refractivity contribution in [1.29, 1.82) is 0 Å². The van der Waals surface area contributed by atoms with Crippen LogP contribution in [-0.4, -0.2) is 26.8 Å². The highest BCUT2D eigenvalue weighted by molar-refractivity contribution is 5.73. The Bertz CT molecular complexity index is 445. The van der Waals surface area contributed by atoms with E-state index in [0.717, 1.165) is 0 Å². The minimum absolute atomic E-state index is 0.0296. The van der Waals surface area contributed by atoms with Crippen LogP contribution in [0.1, 0.15) is 31.1 Å². The van der Waals surface area contributed by atoms with E-state index in [2.05, 4.69) is 0 Å². The van der Waals surface area contributed by atoms with Crippen molar-refractivity contribution < 1.29 is 23.4 Å². The minimum Gasteiger partial charge on any atom is -0.493 e. The van der Waals surface area contributed by atoms with Gasteiger partial charge in [-0.1, -0.05) is 0 Å². The Morgan fingerprint density at radius 1 is 1.37 bits per heavy atom. The lowest BCUT2D eigenvalue weighted by Gasteiger charge is -2.15. The van der Waals surface area contributed by atoms with Gasteiger partial charge in [-0.05, 0) is 31.5 Å². The van der Waals surface area contributed by atoms with E-state index in [4.69, 9.17) is 14.2 Å². The lowest BCUT2D eigenvalue weighted by atomic mass is 10.0. The number of hydrogen-bond acceptors (Lipinski definition) is 4. The maximum Gasteiger partial charge on any atom is 0.310 e. The fourth-order valence-corrected chi connectivity index (χ4v) is 1.77. The summed E-state index contributed by atoms with van der Waals surface area (Å²) in [4.78, 5) is 11.5. The standard InChI is InChI=1S/C14H19FO4/c1-5-19-13(16)8-11-6-10(9(2)17-3)7-12(15)14(11)18-4/h6-7,9H,5,8H2,1-4H3. The highest BCUT2D eigenvalue weighted by Crippen LogP contribution is 2.28. The Hall–Kier alpha value is -1.62. The van der Waals surface area contributed by atoms with Crippen molar-refractivity contribution in [2.75, 3.05) is 20.8 Å². The van der Waals surface area contributed by atoms with Gasteiger partial charge in [0.2, 0.25) is 0 Å². The van der Waals surface area contributed by atoms with E-state index >= 15 is 0 Å². The van der Waals surface area contributed by atoms with Gasteiger partial charge < -0.3 is 14.2 Å². The molecular formula is C14H19FO4. The normalized spacial score (nSPS) is 12.1. The van der Waals surface area contributed by atoms with Gasteiger partial charge >= 0.3 is 5.97 Å². The molecule has 0 saturated carbocycles. The first kappa shape index (κ1) is 15.4. The van der Waals surface area contributed by atoms with E-state index in [0.29, 0.717) is 11.1 Å². The molecule has 1 aromatic rings. The van der Waals surface area contributed by atoms with Gasteiger partial charge in [-0.15, -0.1) is 0 Å². The maximum atomic E-state index is 13.9. The highest BCUT2D eigenvalue weighted by Gasteiger charge is 2.17. The van der Waals surface area contributed by atoms with E-state index in [1.54, 1.807) is 19.9 Å². The molecule has 5 heteroatoms. The molecule has 0 amide bonds. The quantitative estimate of drug-likeness (QED) is 0.745. The molecule has 0 aliphatic heterocycles. The van der Waals surface area contributed by atoms with Crippen molar-refractivity contribution in [3.05, 3.63) is 29.1 Å². The number of benzene rings is 1. The van der Waals surface area contributed by atoms with Gasteiger partial charge in [-0.25, -0.2) is 4.39 Å². The first-order chi connectivity index (χ1) is 9.03. The molecule has 0 heterocycles. The third-order valence-corrected chi connectivity index (χ3v) is 2.81. The number of halogens is 1. The van der Waals surface area contributed by atoms with Gasteiger partial charge in [0.25, 0.3) is 0 Å². The molecule has 1 aromatic carbocycles. The van der Waals surface area contributed by atoms with E-state index in [1.165, 1.54) is 20.3 Å². The van der Waals surface area contributed by atoms with Crippen LogP contribution in [0.4, 0.5) is 4.39 Å². The van der Waals surface area contributed by atoms with Crippen molar-refractivity contribution >= 4 is 5.97 Å². The second-order valence-corrected chi connectivity index (χ2v) is 4.05. The zero-order chi connectivity index (χ0) is 14.4. The van der Waals surface area contributed by atoms with Gasteiger partial charge in [0, 0.05) is 12.7 Å². The van der Waals surface area contributed by atoms with E-state index < -0.39 is 11.8 Å². The van der Waals surface area contributed by atoms with Crippen molar-refractivity contribution in [2.45, 2.75) is 26.4 Å². The summed E-state index contributed by atoms with van der Waals surface area (Å²) in [5.41, 5.74) is 1.11. The molecule has 0 bridgehead atoms. The number of methoxy groups -OCH3 is 2. The number of carbonyl (C=O) groups excluding carboxylic acids is 1. The first-order valence-electron chi connectivity index (χ1n) is 6.08. The molecule has 1 unspecified atom stereocenters. The second kappa shape index (κ2) is 7.09. The number of ether oxygens (including phenoxy) is 3. The summed E-state index contributed by atoms with van der Waals surface area (Å²) in [7, 11) is 2.91. The molecule has 0 aliphatic rings. The molecule has 0 N–H and O–H groups in total. The summed E-state index contributed by atoms with van der Waals surface area (Å²) >= 11 is 0. The monoisotopic (exact) mass is 270 g/mol. The van der Waals surface area contributed by atoms with Gasteiger partial charge in [-0.3, -0.25) is 4.79 Å². The number of carbonyl (C=O) groups is 1. The second-order valence-electron chi connectivity index (χ2n) is 4.05. The predicted molar refractivity (Wildman–Crippen MR) is 68.7 cm³/mol. The fourth-order valence-electron chi connectivity index (χ4n) is 1.77. The molecule has 0 spiro atoms. The molecule has 0 fully saturated rings. The van der Waals surface area contributed by atoms with Gasteiger partial charge in [0.1, 0.15) is 0 Å². The van der Waals surface area contributed by atoms with Gasteiger partial charge in [0.05, 0.1) is 26.2 Å². The van der Waals surface area contributed by atoms with Crippen LogP contribution in [0.15, 0.2) is 12.1 Å². The number of hydrogen-bond donors (Lipinski definition) is 0.